The summed E-state index contributed by atoms with van der Waals surface area (Å²) in [5.74, 6) is 0.830. The number of hydrogen-bond acceptors (Lipinski definition) is 9. The monoisotopic (exact) mass is 426 g/mol. The second-order valence-electron chi connectivity index (χ2n) is 7.57. The Morgan fingerprint density at radius 3 is 2.61 bits per heavy atom. The highest BCUT2D eigenvalue weighted by atomic mass is 16.5. The molecule has 1 aromatic heterocycles. The number of nitrogens with zero attached hydrogens (tertiary/aromatic N) is 5. The Morgan fingerprint density at radius 1 is 1.06 bits per heavy atom. The highest BCUT2D eigenvalue weighted by Gasteiger charge is 2.16. The molecule has 2 fully saturated rings. The molecule has 1 N–H and O–H groups in total. The number of hydrazone groups is 1. The van der Waals surface area contributed by atoms with Crippen molar-refractivity contribution >= 4 is 17.7 Å². The molecule has 0 atom stereocenters. The highest BCUT2D eigenvalue weighted by Crippen LogP contribution is 2.17. The van der Waals surface area contributed by atoms with E-state index in [1.54, 1.807) is 6.21 Å². The molecule has 0 unspecified atom stereocenters. The molecule has 0 spiro atoms. The maximum Gasteiger partial charge on any atom is 0.319 e. The zero-order chi connectivity index (χ0) is 21.3. The molecular formula is C22H30N6O3. The van der Waals surface area contributed by atoms with E-state index in [0.29, 0.717) is 31.5 Å². The van der Waals surface area contributed by atoms with Gasteiger partial charge in [0.25, 0.3) is 0 Å². The summed E-state index contributed by atoms with van der Waals surface area (Å²) < 4.78 is 16.8. The Morgan fingerprint density at radius 2 is 1.84 bits per heavy atom. The number of hydrogen-bond donors (Lipinski definition) is 1. The Balaban J connectivity index is 1.43. The lowest BCUT2D eigenvalue weighted by atomic mass is 10.2. The molecule has 166 valence electrons. The molecule has 0 saturated carbocycles. The van der Waals surface area contributed by atoms with Gasteiger partial charge in [-0.1, -0.05) is 12.1 Å². The van der Waals surface area contributed by atoms with Crippen LogP contribution < -0.4 is 15.1 Å². The zero-order valence-corrected chi connectivity index (χ0v) is 18.0. The predicted octanol–water partition coefficient (Wildman–Crippen LogP) is 1.78. The lowest BCUT2D eigenvalue weighted by Crippen LogP contribution is -2.39. The Bertz CT molecular complexity index is 866. The molecule has 31 heavy (non-hydrogen) atoms. The molecular weight excluding hydrogens is 396 g/mol. The van der Waals surface area contributed by atoms with Crippen LogP contribution in [0.5, 0.6) is 6.01 Å². The van der Waals surface area contributed by atoms with Crippen molar-refractivity contribution in [3.05, 3.63) is 41.6 Å². The van der Waals surface area contributed by atoms with Crippen LogP contribution in [-0.4, -0.2) is 86.8 Å². The maximum atomic E-state index is 5.92. The van der Waals surface area contributed by atoms with Gasteiger partial charge in [-0.3, -0.25) is 10.3 Å². The third-order valence-electron chi connectivity index (χ3n) is 5.20. The van der Waals surface area contributed by atoms with E-state index in [1.807, 2.05) is 24.3 Å². The van der Waals surface area contributed by atoms with Crippen molar-refractivity contribution < 1.29 is 14.2 Å². The number of aryl methyl sites for hydroxylation is 1. The third kappa shape index (κ3) is 6.61. The van der Waals surface area contributed by atoms with Gasteiger partial charge in [-0.05, 0) is 24.6 Å². The van der Waals surface area contributed by atoms with Gasteiger partial charge in [-0.25, -0.2) is 0 Å². The molecule has 0 bridgehead atoms. The summed E-state index contributed by atoms with van der Waals surface area (Å²) in [4.78, 5) is 13.7. The van der Waals surface area contributed by atoms with Gasteiger partial charge in [0.05, 0.1) is 44.0 Å². The molecule has 2 saturated heterocycles. The smallest absolute Gasteiger partial charge is 0.319 e. The van der Waals surface area contributed by atoms with E-state index in [1.165, 1.54) is 5.56 Å². The minimum atomic E-state index is 0.370. The number of benzene rings is 1. The molecule has 4 rings (SSSR count). The van der Waals surface area contributed by atoms with E-state index in [2.05, 4.69) is 43.3 Å². The lowest BCUT2D eigenvalue weighted by Gasteiger charge is -2.28. The second-order valence-corrected chi connectivity index (χ2v) is 7.57. The molecule has 2 aliphatic rings. The summed E-state index contributed by atoms with van der Waals surface area (Å²) in [6.07, 6.45) is 1.70. The fourth-order valence-corrected chi connectivity index (χ4v) is 3.49. The fourth-order valence-electron chi connectivity index (χ4n) is 3.49. The first-order chi connectivity index (χ1) is 15.3. The van der Waals surface area contributed by atoms with Gasteiger partial charge in [0.1, 0.15) is 12.4 Å². The molecule has 2 aromatic rings. The van der Waals surface area contributed by atoms with Crippen molar-refractivity contribution in [3.63, 3.8) is 0 Å². The number of aromatic nitrogens is 2. The quantitative estimate of drug-likeness (QED) is 0.505. The number of anilines is 2. The van der Waals surface area contributed by atoms with Crippen LogP contribution in [0.25, 0.3) is 0 Å². The summed E-state index contributed by atoms with van der Waals surface area (Å²) in [5.41, 5.74) is 5.85. The molecule has 3 heterocycles. The Kier molecular flexibility index (Phi) is 7.65. The van der Waals surface area contributed by atoms with E-state index in [0.717, 1.165) is 57.4 Å². The average molecular weight is 427 g/mol. The van der Waals surface area contributed by atoms with Crippen LogP contribution in [0.3, 0.4) is 0 Å². The average Bonchev–Trinajstić information content (AvgIpc) is 2.80. The summed E-state index contributed by atoms with van der Waals surface area (Å²) in [6.45, 7) is 9.79. The Hall–Kier alpha value is -2.75. The standard InChI is InChI=1S/C22H30N6O3/c1-18-3-2-4-19(15-18)26-23-17-20-16-21(28-8-12-30-13-9-28)25-22(24-20)31-14-7-27-5-10-29-11-6-27/h2-4,15-17,26H,5-14H2,1H3/b23-17+. The third-order valence-corrected chi connectivity index (χ3v) is 5.20. The van der Waals surface area contributed by atoms with Crippen molar-refractivity contribution in [3.8, 4) is 6.01 Å². The molecule has 9 nitrogen and oxygen atoms in total. The van der Waals surface area contributed by atoms with E-state index in [9.17, 15) is 0 Å². The van der Waals surface area contributed by atoms with Crippen molar-refractivity contribution in [2.24, 2.45) is 5.10 Å². The van der Waals surface area contributed by atoms with E-state index >= 15 is 0 Å². The van der Waals surface area contributed by atoms with Gasteiger partial charge in [0.15, 0.2) is 0 Å². The number of rotatable bonds is 8. The van der Waals surface area contributed by atoms with Crippen molar-refractivity contribution in [2.45, 2.75) is 6.92 Å². The molecule has 9 heteroatoms. The second kappa shape index (κ2) is 11.0. The van der Waals surface area contributed by atoms with Crippen LogP contribution >= 0.6 is 0 Å². The molecule has 0 amide bonds. The summed E-state index contributed by atoms with van der Waals surface area (Å²) >= 11 is 0. The first-order valence-corrected chi connectivity index (χ1v) is 10.8. The first kappa shape index (κ1) is 21.5. The van der Waals surface area contributed by atoms with Crippen LogP contribution in [0.4, 0.5) is 11.5 Å². The number of morpholine rings is 2. The normalized spacial score (nSPS) is 17.8. The van der Waals surface area contributed by atoms with Gasteiger partial charge in [-0.15, -0.1) is 0 Å². The van der Waals surface area contributed by atoms with Crippen molar-refractivity contribution in [1.82, 2.24) is 14.9 Å². The fraction of sp³-hybridized carbons (Fsp3) is 0.500. The molecule has 2 aliphatic heterocycles. The van der Waals surface area contributed by atoms with Crippen LogP contribution in [0.1, 0.15) is 11.3 Å². The van der Waals surface area contributed by atoms with Gasteiger partial charge in [0, 0.05) is 38.8 Å². The van der Waals surface area contributed by atoms with Crippen molar-refractivity contribution in [1.29, 1.82) is 0 Å². The maximum absolute atomic E-state index is 5.92. The molecule has 0 radical (unpaired) electrons. The van der Waals surface area contributed by atoms with Crippen LogP contribution in [-0.2, 0) is 9.47 Å². The lowest BCUT2D eigenvalue weighted by molar-refractivity contribution is 0.0317. The number of nitrogens with one attached hydrogen (secondary N) is 1. The topological polar surface area (TPSA) is 84.3 Å². The van der Waals surface area contributed by atoms with Crippen LogP contribution in [0.2, 0.25) is 0 Å². The van der Waals surface area contributed by atoms with Crippen molar-refractivity contribution in [2.75, 3.05) is 76.1 Å². The molecule has 1 aromatic carbocycles. The SMILES string of the molecule is Cc1cccc(N/N=C/c2cc(N3CCOCC3)nc(OCCN3CCOCC3)n2)c1. The minimum Gasteiger partial charge on any atom is -0.462 e. The van der Waals surface area contributed by atoms with Gasteiger partial charge >= 0.3 is 6.01 Å². The van der Waals surface area contributed by atoms with Gasteiger partial charge in [-0.2, -0.15) is 15.1 Å². The first-order valence-electron chi connectivity index (χ1n) is 10.8. The zero-order valence-electron chi connectivity index (χ0n) is 18.0. The Labute approximate surface area is 183 Å². The summed E-state index contributed by atoms with van der Waals surface area (Å²) in [7, 11) is 0. The van der Waals surface area contributed by atoms with E-state index < -0.39 is 0 Å². The van der Waals surface area contributed by atoms with E-state index in [-0.39, 0.29) is 0 Å². The molecule has 0 aliphatic carbocycles. The largest absolute Gasteiger partial charge is 0.462 e. The minimum absolute atomic E-state index is 0.370. The van der Waals surface area contributed by atoms with E-state index in [4.69, 9.17) is 14.2 Å². The van der Waals surface area contributed by atoms with Gasteiger partial charge < -0.3 is 19.1 Å². The predicted molar refractivity (Wildman–Crippen MR) is 120 cm³/mol. The summed E-state index contributed by atoms with van der Waals surface area (Å²) in [6, 6.07) is 10.4. The van der Waals surface area contributed by atoms with Crippen LogP contribution in [0, 0.1) is 6.92 Å². The highest BCUT2D eigenvalue weighted by molar-refractivity contribution is 5.79. The van der Waals surface area contributed by atoms with Crippen LogP contribution in [0.15, 0.2) is 35.4 Å². The van der Waals surface area contributed by atoms with Gasteiger partial charge in [0.2, 0.25) is 0 Å². The number of ether oxygens (including phenoxy) is 3. The summed E-state index contributed by atoms with van der Waals surface area (Å²) in [5, 5.41) is 4.35.